The molecule has 78 valence electrons. The van der Waals surface area contributed by atoms with Gasteiger partial charge in [-0.15, -0.1) is 0 Å². The van der Waals surface area contributed by atoms with E-state index in [1.54, 1.807) is 18.2 Å². The summed E-state index contributed by atoms with van der Waals surface area (Å²) < 4.78 is 0. The van der Waals surface area contributed by atoms with Crippen LogP contribution < -0.4 is 4.90 Å². The predicted octanol–water partition coefficient (Wildman–Crippen LogP) is 1.26. The van der Waals surface area contributed by atoms with E-state index in [-0.39, 0.29) is 13.2 Å². The molecule has 0 amide bonds. The first kappa shape index (κ1) is 11.3. The Morgan fingerprint density at radius 2 is 2.07 bits per heavy atom. The Balaban J connectivity index is 2.97. The summed E-state index contributed by atoms with van der Waals surface area (Å²) in [5.41, 5.74) is 1.67. The van der Waals surface area contributed by atoms with Crippen molar-refractivity contribution < 1.29 is 10.2 Å². The molecule has 0 bridgehead atoms. The Kier molecular flexibility index (Phi) is 4.20. The topological polar surface area (TPSA) is 43.7 Å². The van der Waals surface area contributed by atoms with Crippen molar-refractivity contribution in [1.29, 1.82) is 0 Å². The van der Waals surface area contributed by atoms with Gasteiger partial charge in [-0.3, -0.25) is 0 Å². The number of halogens is 1. The molecule has 14 heavy (non-hydrogen) atoms. The van der Waals surface area contributed by atoms with Gasteiger partial charge in [0, 0.05) is 29.9 Å². The van der Waals surface area contributed by atoms with Crippen LogP contribution in [0.15, 0.2) is 18.2 Å². The lowest BCUT2D eigenvalue weighted by atomic mass is 10.1. The first-order chi connectivity index (χ1) is 6.69. The molecule has 1 aromatic carbocycles. The normalized spacial score (nSPS) is 10.3. The van der Waals surface area contributed by atoms with Crippen LogP contribution in [0, 0.1) is 0 Å². The van der Waals surface area contributed by atoms with Gasteiger partial charge in [-0.1, -0.05) is 17.7 Å². The summed E-state index contributed by atoms with van der Waals surface area (Å²) in [6.07, 6.45) is 0. The lowest BCUT2D eigenvalue weighted by Gasteiger charge is -2.21. The third kappa shape index (κ3) is 2.61. The Morgan fingerprint density at radius 1 is 1.36 bits per heavy atom. The molecule has 0 aliphatic rings. The molecule has 0 aliphatic carbocycles. The number of aliphatic hydroxyl groups is 2. The maximum Gasteiger partial charge on any atom is 0.0702 e. The van der Waals surface area contributed by atoms with Crippen LogP contribution in [0.3, 0.4) is 0 Å². The fraction of sp³-hybridized carbons (Fsp3) is 0.400. The van der Waals surface area contributed by atoms with Gasteiger partial charge in [0.05, 0.1) is 13.2 Å². The number of aliphatic hydroxyl groups excluding tert-OH is 2. The van der Waals surface area contributed by atoms with Crippen LogP contribution in [0.5, 0.6) is 0 Å². The smallest absolute Gasteiger partial charge is 0.0702 e. The highest BCUT2D eigenvalue weighted by Gasteiger charge is 2.06. The van der Waals surface area contributed by atoms with Crippen LogP contribution in [0.4, 0.5) is 5.69 Å². The second-order valence-electron chi connectivity index (χ2n) is 3.08. The second kappa shape index (κ2) is 5.20. The Labute approximate surface area is 88.5 Å². The van der Waals surface area contributed by atoms with Gasteiger partial charge < -0.3 is 15.1 Å². The summed E-state index contributed by atoms with van der Waals surface area (Å²) in [4.78, 5) is 1.86. The highest BCUT2D eigenvalue weighted by molar-refractivity contribution is 6.30. The van der Waals surface area contributed by atoms with E-state index in [9.17, 15) is 0 Å². The molecular formula is C10H14ClNO2. The van der Waals surface area contributed by atoms with Crippen molar-refractivity contribution in [1.82, 2.24) is 0 Å². The zero-order chi connectivity index (χ0) is 10.6. The molecule has 3 nitrogen and oxygen atoms in total. The molecule has 0 spiro atoms. The molecule has 1 rings (SSSR count). The number of benzene rings is 1. The van der Waals surface area contributed by atoms with Gasteiger partial charge in [0.25, 0.3) is 0 Å². The van der Waals surface area contributed by atoms with E-state index >= 15 is 0 Å². The maximum atomic E-state index is 9.09. The van der Waals surface area contributed by atoms with Crippen LogP contribution >= 0.6 is 11.6 Å². The molecule has 4 heteroatoms. The number of hydrogen-bond donors (Lipinski definition) is 2. The highest BCUT2D eigenvalue weighted by Crippen LogP contribution is 2.23. The summed E-state index contributed by atoms with van der Waals surface area (Å²) in [7, 11) is 1.85. The van der Waals surface area contributed by atoms with Crippen LogP contribution in [0.2, 0.25) is 5.02 Å². The molecule has 0 heterocycles. The Morgan fingerprint density at radius 3 is 2.64 bits per heavy atom. The first-order valence-corrected chi connectivity index (χ1v) is 4.78. The number of hydrogen-bond acceptors (Lipinski definition) is 3. The lowest BCUT2D eigenvalue weighted by Crippen LogP contribution is -2.22. The van der Waals surface area contributed by atoms with E-state index in [1.807, 2.05) is 11.9 Å². The van der Waals surface area contributed by atoms with Crippen molar-refractivity contribution >= 4 is 17.3 Å². The molecule has 0 aliphatic heterocycles. The number of likely N-dealkylation sites (N-methyl/N-ethyl adjacent to an activating group) is 1. The summed E-state index contributed by atoms with van der Waals surface area (Å²) >= 11 is 5.85. The number of nitrogens with zero attached hydrogens (tertiary/aromatic N) is 1. The Bertz CT molecular complexity index is 304. The van der Waals surface area contributed by atoms with Crippen LogP contribution in [-0.2, 0) is 6.61 Å². The van der Waals surface area contributed by atoms with Gasteiger partial charge >= 0.3 is 0 Å². The van der Waals surface area contributed by atoms with E-state index in [1.165, 1.54) is 0 Å². The molecular weight excluding hydrogens is 202 g/mol. The molecule has 0 radical (unpaired) electrons. The van der Waals surface area contributed by atoms with E-state index < -0.39 is 0 Å². The van der Waals surface area contributed by atoms with Gasteiger partial charge in [0.15, 0.2) is 0 Å². The number of anilines is 1. The van der Waals surface area contributed by atoms with Crippen molar-refractivity contribution in [3.63, 3.8) is 0 Å². The summed E-state index contributed by atoms with van der Waals surface area (Å²) in [5, 5.41) is 18.5. The maximum absolute atomic E-state index is 9.09. The molecule has 0 saturated heterocycles. The van der Waals surface area contributed by atoms with Crippen molar-refractivity contribution in [3.05, 3.63) is 28.8 Å². The third-order valence-electron chi connectivity index (χ3n) is 2.06. The van der Waals surface area contributed by atoms with Gasteiger partial charge in [0.2, 0.25) is 0 Å². The zero-order valence-electron chi connectivity index (χ0n) is 8.07. The highest BCUT2D eigenvalue weighted by atomic mass is 35.5. The monoisotopic (exact) mass is 215 g/mol. The molecule has 0 saturated carbocycles. The van der Waals surface area contributed by atoms with Crippen molar-refractivity contribution in [3.8, 4) is 0 Å². The number of rotatable bonds is 4. The van der Waals surface area contributed by atoms with Gasteiger partial charge in [-0.25, -0.2) is 0 Å². The van der Waals surface area contributed by atoms with E-state index in [0.29, 0.717) is 11.6 Å². The third-order valence-corrected chi connectivity index (χ3v) is 2.30. The molecule has 0 atom stereocenters. The van der Waals surface area contributed by atoms with Gasteiger partial charge in [0.1, 0.15) is 0 Å². The standard InChI is InChI=1S/C10H14ClNO2/c1-12(4-5-13)10-6-9(11)3-2-8(10)7-14/h2-3,6,13-14H,4-5,7H2,1H3. The summed E-state index contributed by atoms with van der Waals surface area (Å²) in [6, 6.07) is 5.30. The van der Waals surface area contributed by atoms with Crippen LogP contribution in [-0.4, -0.2) is 30.4 Å². The van der Waals surface area contributed by atoms with Crippen molar-refractivity contribution in [2.45, 2.75) is 6.61 Å². The molecule has 2 N–H and O–H groups in total. The fourth-order valence-electron chi connectivity index (χ4n) is 1.30. The average molecular weight is 216 g/mol. The van der Waals surface area contributed by atoms with Gasteiger partial charge in [-0.05, 0) is 12.1 Å². The SMILES string of the molecule is CN(CCO)c1cc(Cl)ccc1CO. The molecule has 0 unspecified atom stereocenters. The summed E-state index contributed by atoms with van der Waals surface area (Å²) in [5.74, 6) is 0. The molecule has 0 aromatic heterocycles. The lowest BCUT2D eigenvalue weighted by molar-refractivity contribution is 0.281. The Hall–Kier alpha value is -0.770. The molecule has 0 fully saturated rings. The minimum absolute atomic E-state index is 0.0255. The zero-order valence-corrected chi connectivity index (χ0v) is 8.83. The van der Waals surface area contributed by atoms with E-state index in [2.05, 4.69) is 0 Å². The fourth-order valence-corrected chi connectivity index (χ4v) is 1.46. The second-order valence-corrected chi connectivity index (χ2v) is 3.51. The van der Waals surface area contributed by atoms with Crippen molar-refractivity contribution in [2.75, 3.05) is 25.1 Å². The minimum atomic E-state index is -0.0255. The molecule has 1 aromatic rings. The van der Waals surface area contributed by atoms with E-state index in [0.717, 1.165) is 11.3 Å². The average Bonchev–Trinajstić information content (AvgIpc) is 2.18. The predicted molar refractivity (Wildman–Crippen MR) is 57.7 cm³/mol. The largest absolute Gasteiger partial charge is 0.395 e. The van der Waals surface area contributed by atoms with Crippen LogP contribution in [0.1, 0.15) is 5.56 Å². The van der Waals surface area contributed by atoms with Gasteiger partial charge in [-0.2, -0.15) is 0 Å². The summed E-state index contributed by atoms with van der Waals surface area (Å²) in [6.45, 7) is 0.573. The van der Waals surface area contributed by atoms with E-state index in [4.69, 9.17) is 21.8 Å². The quantitative estimate of drug-likeness (QED) is 0.795. The van der Waals surface area contributed by atoms with Crippen molar-refractivity contribution in [2.24, 2.45) is 0 Å². The minimum Gasteiger partial charge on any atom is -0.395 e. The van der Waals surface area contributed by atoms with Crippen LogP contribution in [0.25, 0.3) is 0 Å². The first-order valence-electron chi connectivity index (χ1n) is 4.40.